The molecule has 3 atom stereocenters. The van der Waals surface area contributed by atoms with Crippen molar-refractivity contribution < 1.29 is 52.2 Å². The number of aliphatic hydroxyl groups is 1. The van der Waals surface area contributed by atoms with Crippen LogP contribution in [0.25, 0.3) is 0 Å². The molecular formula is C72H107O11P. The maximum Gasteiger partial charge on any atom is 0.472 e. The second-order valence-electron chi connectivity index (χ2n) is 19.4. The average molecular weight is 1180 g/mol. The van der Waals surface area contributed by atoms with E-state index in [1.807, 2.05) is 30.4 Å². The topological polar surface area (TPSA) is 155 Å². The van der Waals surface area contributed by atoms with Gasteiger partial charge in [0.25, 0.3) is 0 Å². The van der Waals surface area contributed by atoms with Crippen LogP contribution >= 0.6 is 7.82 Å². The highest BCUT2D eigenvalue weighted by molar-refractivity contribution is 7.47. The lowest BCUT2D eigenvalue weighted by Crippen LogP contribution is -2.30. The second-order valence-corrected chi connectivity index (χ2v) is 20.8. The molecule has 0 radical (unpaired) electrons. The van der Waals surface area contributed by atoms with Crippen molar-refractivity contribution in [3.63, 3.8) is 0 Å². The van der Waals surface area contributed by atoms with Crippen LogP contribution in [-0.2, 0) is 42.2 Å². The predicted molar refractivity (Wildman–Crippen MR) is 352 cm³/mol. The van der Waals surface area contributed by atoms with Gasteiger partial charge in [0.1, 0.15) is 12.7 Å². The molecule has 0 aliphatic rings. The number of carbonyl (C=O) groups excluding carboxylic acids is 3. The number of esters is 3. The Bertz CT molecular complexity index is 2210. The molecule has 0 heterocycles. The molecule has 0 aliphatic carbocycles. The zero-order valence-corrected chi connectivity index (χ0v) is 52.4. The molecule has 0 saturated heterocycles. The predicted octanol–water partition coefficient (Wildman–Crippen LogP) is 19.1. The third-order valence-corrected chi connectivity index (χ3v) is 12.7. The Labute approximate surface area is 508 Å². The first kappa shape index (κ1) is 78.1. The number of hydrogen-bond donors (Lipinski definition) is 2. The first-order chi connectivity index (χ1) is 41.2. The highest BCUT2D eigenvalue weighted by Gasteiger charge is 2.28. The summed E-state index contributed by atoms with van der Waals surface area (Å²) in [5.74, 6) is -1.73. The molecule has 0 bridgehead atoms. The summed E-state index contributed by atoms with van der Waals surface area (Å²) in [5, 5.41) is 9.84. The van der Waals surface area contributed by atoms with Gasteiger partial charge in [0.05, 0.1) is 19.8 Å². The SMILES string of the molecule is CC/C=C\C/C=C\C/C=C\C/C=C\C/C=C\C/C=C\CCC(=O)OC(CO)COP(=O)(O)OCC(COC(=O)CCCCC/C=C\C/C=C\C/C=C\C/C=C\C/C=C\CC)OC(=O)CC/C=C\C/C=C\C/C=C\C/C=C\C/C=C\C/C=C\CC. The van der Waals surface area contributed by atoms with Crippen molar-refractivity contribution >= 4 is 25.7 Å². The number of aliphatic hydroxyl groups excluding tert-OH is 1. The smallest absolute Gasteiger partial charge is 0.462 e. The first-order valence-corrected chi connectivity index (χ1v) is 32.5. The molecule has 0 fully saturated rings. The van der Waals surface area contributed by atoms with Crippen molar-refractivity contribution in [1.82, 2.24) is 0 Å². The zero-order chi connectivity index (χ0) is 61.2. The van der Waals surface area contributed by atoms with Gasteiger partial charge in [-0.3, -0.25) is 23.4 Å². The monoisotopic (exact) mass is 1180 g/mol. The Balaban J connectivity index is 4.99. The Kier molecular flexibility index (Phi) is 58.6. The van der Waals surface area contributed by atoms with Crippen molar-refractivity contribution in [3.8, 4) is 0 Å². The highest BCUT2D eigenvalue weighted by Crippen LogP contribution is 2.43. The van der Waals surface area contributed by atoms with E-state index in [1.54, 1.807) is 0 Å². The minimum atomic E-state index is -4.82. The molecule has 0 aromatic carbocycles. The van der Waals surface area contributed by atoms with Crippen molar-refractivity contribution in [2.24, 2.45) is 0 Å². The molecule has 84 heavy (non-hydrogen) atoms. The summed E-state index contributed by atoms with van der Waals surface area (Å²) in [7, 11) is -4.82. The van der Waals surface area contributed by atoms with E-state index in [9.17, 15) is 28.9 Å². The van der Waals surface area contributed by atoms with Gasteiger partial charge in [-0.1, -0.05) is 234 Å². The van der Waals surface area contributed by atoms with Gasteiger partial charge in [0.2, 0.25) is 0 Å². The van der Waals surface area contributed by atoms with Gasteiger partial charge in [-0.05, 0) is 141 Å². The zero-order valence-electron chi connectivity index (χ0n) is 51.5. The third-order valence-electron chi connectivity index (χ3n) is 11.7. The fourth-order valence-corrected chi connectivity index (χ4v) is 7.92. The summed E-state index contributed by atoms with van der Waals surface area (Å²) in [5.41, 5.74) is 0. The Hall–Kier alpha value is -5.94. The Morgan fingerprint density at radius 3 is 0.917 bits per heavy atom. The largest absolute Gasteiger partial charge is 0.472 e. The number of phosphoric ester groups is 1. The molecule has 12 heteroatoms. The fraction of sp³-hybridized carbons (Fsp3) is 0.486. The molecule has 0 spiro atoms. The Morgan fingerprint density at radius 2 is 0.607 bits per heavy atom. The van der Waals surface area contributed by atoms with E-state index in [0.29, 0.717) is 32.1 Å². The summed E-state index contributed by atoms with van der Waals surface area (Å²) in [6.45, 7) is 4.06. The number of allylic oxidation sites excluding steroid dienone is 34. The second kappa shape index (κ2) is 63.1. The molecule has 2 N–H and O–H groups in total. The van der Waals surface area contributed by atoms with E-state index in [1.165, 1.54) is 0 Å². The van der Waals surface area contributed by atoms with Crippen LogP contribution in [0, 0.1) is 0 Å². The number of ether oxygens (including phenoxy) is 3. The van der Waals surface area contributed by atoms with Gasteiger partial charge >= 0.3 is 25.7 Å². The first-order valence-electron chi connectivity index (χ1n) is 31.0. The van der Waals surface area contributed by atoms with Gasteiger partial charge in [-0.2, -0.15) is 0 Å². The van der Waals surface area contributed by atoms with Crippen LogP contribution in [0.3, 0.4) is 0 Å². The fourth-order valence-electron chi connectivity index (χ4n) is 7.14. The van der Waals surface area contributed by atoms with Gasteiger partial charge in [0.15, 0.2) is 6.10 Å². The number of rotatable bonds is 54. The molecule has 466 valence electrons. The third kappa shape index (κ3) is 60.6. The summed E-state index contributed by atoms with van der Waals surface area (Å²) < 4.78 is 39.4. The molecule has 3 unspecified atom stereocenters. The van der Waals surface area contributed by atoms with E-state index >= 15 is 0 Å². The van der Waals surface area contributed by atoms with Gasteiger partial charge in [0, 0.05) is 19.3 Å². The molecule has 0 aliphatic heterocycles. The normalized spacial score (nSPS) is 14.7. The van der Waals surface area contributed by atoms with Crippen molar-refractivity contribution in [2.75, 3.05) is 26.4 Å². The van der Waals surface area contributed by atoms with E-state index in [-0.39, 0.29) is 19.3 Å². The molecular weight excluding hydrogens is 1070 g/mol. The lowest BCUT2D eigenvalue weighted by atomic mass is 10.1. The summed E-state index contributed by atoms with van der Waals surface area (Å²) in [4.78, 5) is 48.7. The number of carbonyl (C=O) groups is 3. The van der Waals surface area contributed by atoms with E-state index < -0.39 is 64.4 Å². The summed E-state index contributed by atoms with van der Waals surface area (Å²) >= 11 is 0. The van der Waals surface area contributed by atoms with Crippen LogP contribution in [0.5, 0.6) is 0 Å². The maximum atomic E-state index is 12.9. The van der Waals surface area contributed by atoms with Crippen molar-refractivity contribution in [1.29, 1.82) is 0 Å². The van der Waals surface area contributed by atoms with Crippen molar-refractivity contribution in [2.45, 2.75) is 200 Å². The Morgan fingerprint density at radius 1 is 0.333 bits per heavy atom. The standard InChI is InChI=1S/C72H107O11P/c1-4-7-10-13-16-19-22-25-28-31-34-37-40-43-46-49-52-55-58-61-70(74)79-65-69(83-72(76)63-60-57-54-51-48-45-42-39-36-33-30-27-24-21-18-15-12-9-6-3)67-81-84(77,78)80-66-68(64-73)82-71(75)62-59-56-53-50-47-44-41-38-35-32-29-26-23-20-17-14-11-8-5-2/h7-12,16-21,25-30,34-39,43-48,53-54,56-57,68-69,73H,4-6,13-15,22-24,31-33,40-42,49-52,55,58-67H2,1-3H3,(H,77,78)/b10-7-,11-8-,12-9-,19-16-,20-17-,21-18-,28-25-,29-26-,30-27-,37-34-,38-35-,39-36-,46-43-,47-44-,48-45-,56-53-,57-54-. The summed E-state index contributed by atoms with van der Waals surface area (Å²) in [6.07, 6.45) is 89.5. The van der Waals surface area contributed by atoms with Crippen LogP contribution in [0.15, 0.2) is 207 Å². The molecule has 0 aromatic rings. The average Bonchev–Trinajstić information content (AvgIpc) is 3.54. The summed E-state index contributed by atoms with van der Waals surface area (Å²) in [6, 6.07) is 0. The quantitative estimate of drug-likeness (QED) is 0.0197. The molecule has 0 aromatic heterocycles. The van der Waals surface area contributed by atoms with Crippen molar-refractivity contribution in [3.05, 3.63) is 207 Å². The number of unbranched alkanes of at least 4 members (excludes halogenated alkanes) is 3. The minimum absolute atomic E-state index is 0.0153. The molecule has 0 saturated carbocycles. The van der Waals surface area contributed by atoms with Gasteiger partial charge < -0.3 is 24.2 Å². The van der Waals surface area contributed by atoms with E-state index in [2.05, 4.69) is 197 Å². The lowest BCUT2D eigenvalue weighted by Gasteiger charge is -2.21. The number of phosphoric acid groups is 1. The lowest BCUT2D eigenvalue weighted by molar-refractivity contribution is -0.161. The maximum absolute atomic E-state index is 12.9. The molecule has 11 nitrogen and oxygen atoms in total. The van der Waals surface area contributed by atoms with Crippen LogP contribution in [0.2, 0.25) is 0 Å². The minimum Gasteiger partial charge on any atom is -0.462 e. The van der Waals surface area contributed by atoms with E-state index in [0.717, 1.165) is 116 Å². The molecule has 0 rings (SSSR count). The van der Waals surface area contributed by atoms with Crippen LogP contribution < -0.4 is 0 Å². The van der Waals surface area contributed by atoms with Crippen LogP contribution in [-0.4, -0.2) is 66.5 Å². The number of hydrogen-bond acceptors (Lipinski definition) is 10. The highest BCUT2D eigenvalue weighted by atomic mass is 31.2. The van der Waals surface area contributed by atoms with Crippen LogP contribution in [0.1, 0.15) is 188 Å². The van der Waals surface area contributed by atoms with E-state index in [4.69, 9.17) is 23.3 Å². The van der Waals surface area contributed by atoms with Gasteiger partial charge in [-0.25, -0.2) is 4.57 Å². The van der Waals surface area contributed by atoms with Gasteiger partial charge in [-0.15, -0.1) is 0 Å². The molecule has 0 amide bonds. The van der Waals surface area contributed by atoms with Crippen LogP contribution in [0.4, 0.5) is 0 Å².